The third-order valence-corrected chi connectivity index (χ3v) is 3.60. The summed E-state index contributed by atoms with van der Waals surface area (Å²) in [6.07, 6.45) is 1.69. The fraction of sp³-hybridized carbons (Fsp3) is 0.455. The van der Waals surface area contributed by atoms with Gasteiger partial charge in [0.25, 0.3) is 0 Å². The zero-order valence-electron chi connectivity index (χ0n) is 9.76. The topological polar surface area (TPSA) is 46.2 Å². The van der Waals surface area contributed by atoms with Crippen LogP contribution in [0, 0.1) is 12.7 Å². The van der Waals surface area contributed by atoms with Gasteiger partial charge in [-0.05, 0) is 31.0 Å². The van der Waals surface area contributed by atoms with Gasteiger partial charge in [0.1, 0.15) is 15.7 Å². The number of anilines is 1. The van der Waals surface area contributed by atoms with Crippen LogP contribution in [-0.2, 0) is 9.84 Å². The van der Waals surface area contributed by atoms with Crippen molar-refractivity contribution in [1.82, 2.24) is 0 Å². The minimum absolute atomic E-state index is 0.123. The molecule has 0 radical (unpaired) electrons. The lowest BCUT2D eigenvalue weighted by Crippen LogP contribution is -2.10. The second-order valence-corrected chi connectivity index (χ2v) is 6.66. The van der Waals surface area contributed by atoms with Crippen LogP contribution in [0.4, 0.5) is 10.1 Å². The van der Waals surface area contributed by atoms with E-state index >= 15 is 0 Å². The first-order valence-electron chi connectivity index (χ1n) is 5.17. The molecule has 3 nitrogen and oxygen atoms in total. The van der Waals surface area contributed by atoms with Crippen molar-refractivity contribution in [2.24, 2.45) is 0 Å². The summed E-state index contributed by atoms with van der Waals surface area (Å²) in [7, 11) is -2.94. The lowest BCUT2D eigenvalue weighted by Gasteiger charge is -2.09. The summed E-state index contributed by atoms with van der Waals surface area (Å²) in [6, 6.07) is 2.86. The van der Waals surface area contributed by atoms with Crippen molar-refractivity contribution >= 4 is 27.1 Å². The van der Waals surface area contributed by atoms with Crippen LogP contribution in [0.3, 0.4) is 0 Å². The molecule has 1 aromatic carbocycles. The van der Waals surface area contributed by atoms with Gasteiger partial charge in [0.05, 0.1) is 16.5 Å². The first kappa shape index (κ1) is 14.3. The number of hydrogen-bond acceptors (Lipinski definition) is 3. The molecule has 0 saturated heterocycles. The van der Waals surface area contributed by atoms with E-state index in [9.17, 15) is 12.8 Å². The Kier molecular flexibility index (Phi) is 4.77. The van der Waals surface area contributed by atoms with E-state index < -0.39 is 9.84 Å². The van der Waals surface area contributed by atoms with Gasteiger partial charge in [-0.2, -0.15) is 0 Å². The summed E-state index contributed by atoms with van der Waals surface area (Å²) >= 11 is 5.85. The third-order valence-electron chi connectivity index (χ3n) is 2.26. The van der Waals surface area contributed by atoms with Gasteiger partial charge < -0.3 is 5.32 Å². The van der Waals surface area contributed by atoms with E-state index in [2.05, 4.69) is 5.32 Å². The fourth-order valence-electron chi connectivity index (χ4n) is 1.35. The molecule has 0 fully saturated rings. The van der Waals surface area contributed by atoms with E-state index in [-0.39, 0.29) is 11.6 Å². The normalized spacial score (nSPS) is 11.5. The van der Waals surface area contributed by atoms with Crippen molar-refractivity contribution in [3.05, 3.63) is 28.5 Å². The molecule has 0 aliphatic rings. The first-order chi connectivity index (χ1) is 7.79. The minimum Gasteiger partial charge on any atom is -0.384 e. The summed E-state index contributed by atoms with van der Waals surface area (Å²) < 4.78 is 34.9. The SMILES string of the molecule is Cc1cc(NCCCS(C)(=O)=O)c(Cl)cc1F. The number of sulfone groups is 1. The summed E-state index contributed by atoms with van der Waals surface area (Å²) in [5.41, 5.74) is 1.12. The monoisotopic (exact) mass is 279 g/mol. The summed E-state index contributed by atoms with van der Waals surface area (Å²) in [5, 5.41) is 3.29. The van der Waals surface area contributed by atoms with E-state index in [1.165, 1.54) is 12.3 Å². The Balaban J connectivity index is 2.55. The number of aryl methyl sites for hydroxylation is 1. The molecule has 17 heavy (non-hydrogen) atoms. The van der Waals surface area contributed by atoms with Gasteiger partial charge in [-0.15, -0.1) is 0 Å². The first-order valence-corrected chi connectivity index (χ1v) is 7.60. The van der Waals surface area contributed by atoms with Crippen LogP contribution < -0.4 is 5.32 Å². The van der Waals surface area contributed by atoms with E-state index in [1.54, 1.807) is 13.0 Å². The lowest BCUT2D eigenvalue weighted by molar-refractivity contribution is 0.600. The van der Waals surface area contributed by atoms with Crippen LogP contribution in [0.5, 0.6) is 0 Å². The number of nitrogens with one attached hydrogen (secondary N) is 1. The predicted octanol–water partition coefficient (Wildman–Crippen LogP) is 2.63. The maximum Gasteiger partial charge on any atom is 0.147 e. The van der Waals surface area contributed by atoms with Crippen LogP contribution in [0.1, 0.15) is 12.0 Å². The average molecular weight is 280 g/mol. The van der Waals surface area contributed by atoms with Gasteiger partial charge in [0, 0.05) is 12.8 Å². The highest BCUT2D eigenvalue weighted by Crippen LogP contribution is 2.24. The second-order valence-electron chi connectivity index (χ2n) is 3.99. The maximum atomic E-state index is 13.1. The highest BCUT2D eigenvalue weighted by Gasteiger charge is 2.06. The number of hydrogen-bond donors (Lipinski definition) is 1. The molecule has 0 atom stereocenters. The molecule has 1 N–H and O–H groups in total. The molecule has 0 unspecified atom stereocenters. The molecule has 0 saturated carbocycles. The zero-order chi connectivity index (χ0) is 13.1. The van der Waals surface area contributed by atoms with E-state index in [1.807, 2.05) is 0 Å². The molecule has 1 aromatic rings. The molecule has 0 heterocycles. The van der Waals surface area contributed by atoms with Crippen LogP contribution in [0.2, 0.25) is 5.02 Å². The van der Waals surface area contributed by atoms with Gasteiger partial charge >= 0.3 is 0 Å². The van der Waals surface area contributed by atoms with Crippen molar-refractivity contribution in [1.29, 1.82) is 0 Å². The van der Waals surface area contributed by atoms with Crippen molar-refractivity contribution in [2.75, 3.05) is 23.9 Å². The van der Waals surface area contributed by atoms with Crippen LogP contribution in [0.25, 0.3) is 0 Å². The van der Waals surface area contributed by atoms with Crippen LogP contribution >= 0.6 is 11.6 Å². The molecule has 6 heteroatoms. The Hall–Kier alpha value is -0.810. The van der Waals surface area contributed by atoms with E-state index in [4.69, 9.17) is 11.6 Å². The molecule has 0 spiro atoms. The van der Waals surface area contributed by atoms with Crippen molar-refractivity contribution in [3.63, 3.8) is 0 Å². The minimum atomic E-state index is -2.94. The van der Waals surface area contributed by atoms with Crippen molar-refractivity contribution in [2.45, 2.75) is 13.3 Å². The molecule has 0 amide bonds. The highest BCUT2D eigenvalue weighted by atomic mass is 35.5. The van der Waals surface area contributed by atoms with Gasteiger partial charge in [0.15, 0.2) is 0 Å². The number of halogens is 2. The molecule has 96 valence electrons. The van der Waals surface area contributed by atoms with Gasteiger partial charge in [-0.1, -0.05) is 11.6 Å². The Bertz CT molecular complexity index is 502. The van der Waals surface area contributed by atoms with Gasteiger partial charge in [-0.3, -0.25) is 0 Å². The van der Waals surface area contributed by atoms with Crippen molar-refractivity contribution in [3.8, 4) is 0 Å². The van der Waals surface area contributed by atoms with Crippen molar-refractivity contribution < 1.29 is 12.8 Å². The Morgan fingerprint density at radius 2 is 2.06 bits per heavy atom. The maximum absolute atomic E-state index is 13.1. The van der Waals surface area contributed by atoms with Crippen LogP contribution in [0.15, 0.2) is 12.1 Å². The standard InChI is InChI=1S/C11H15ClFNO2S/c1-8-6-11(9(12)7-10(8)13)14-4-3-5-17(2,15)16/h6-7,14H,3-5H2,1-2H3. The third kappa shape index (κ3) is 4.91. The molecular weight excluding hydrogens is 265 g/mol. The van der Waals surface area contributed by atoms with E-state index in [0.29, 0.717) is 29.2 Å². The highest BCUT2D eigenvalue weighted by molar-refractivity contribution is 7.90. The Labute approximate surface area is 106 Å². The summed E-state index contributed by atoms with van der Waals surface area (Å²) in [5.74, 6) is -0.227. The smallest absolute Gasteiger partial charge is 0.147 e. The zero-order valence-corrected chi connectivity index (χ0v) is 11.3. The molecule has 0 aliphatic heterocycles. The fourth-order valence-corrected chi connectivity index (χ4v) is 2.24. The lowest BCUT2D eigenvalue weighted by atomic mass is 10.2. The summed E-state index contributed by atoms with van der Waals surface area (Å²) in [4.78, 5) is 0. The van der Waals surface area contributed by atoms with Gasteiger partial charge in [0.2, 0.25) is 0 Å². The quantitative estimate of drug-likeness (QED) is 0.843. The molecule has 1 rings (SSSR count). The Morgan fingerprint density at radius 1 is 1.41 bits per heavy atom. The summed E-state index contributed by atoms with van der Waals surface area (Å²) in [6.45, 7) is 2.13. The number of rotatable bonds is 5. The molecular formula is C11H15ClFNO2S. The average Bonchev–Trinajstić information content (AvgIpc) is 2.18. The largest absolute Gasteiger partial charge is 0.384 e. The molecule has 0 aliphatic carbocycles. The predicted molar refractivity (Wildman–Crippen MR) is 69.0 cm³/mol. The second kappa shape index (κ2) is 5.69. The van der Waals surface area contributed by atoms with E-state index in [0.717, 1.165) is 0 Å². The molecule has 0 aromatic heterocycles. The van der Waals surface area contributed by atoms with Gasteiger partial charge in [-0.25, -0.2) is 12.8 Å². The molecule has 0 bridgehead atoms. The van der Waals surface area contributed by atoms with Crippen LogP contribution in [-0.4, -0.2) is 27.0 Å². The number of benzene rings is 1. The Morgan fingerprint density at radius 3 is 2.65 bits per heavy atom.